The second-order valence-corrected chi connectivity index (χ2v) is 10.5. The number of piperidine rings is 1. The van der Waals surface area contributed by atoms with E-state index in [0.717, 1.165) is 5.56 Å². The minimum absolute atomic E-state index is 0.121. The van der Waals surface area contributed by atoms with E-state index in [0.29, 0.717) is 48.0 Å². The second-order valence-electron chi connectivity index (χ2n) is 7.54. The summed E-state index contributed by atoms with van der Waals surface area (Å²) in [6.45, 7) is 2.80. The van der Waals surface area contributed by atoms with Crippen LogP contribution in [0.15, 0.2) is 48.5 Å². The van der Waals surface area contributed by atoms with E-state index in [2.05, 4.69) is 5.32 Å². The van der Waals surface area contributed by atoms with Crippen molar-refractivity contribution in [2.75, 3.05) is 18.8 Å². The molecular formula is C22H26Cl2N2O3S. The fourth-order valence-electron chi connectivity index (χ4n) is 3.90. The van der Waals surface area contributed by atoms with Crippen molar-refractivity contribution in [3.05, 3.63) is 69.7 Å². The molecule has 8 heteroatoms. The van der Waals surface area contributed by atoms with Crippen molar-refractivity contribution >= 4 is 39.1 Å². The van der Waals surface area contributed by atoms with Crippen LogP contribution < -0.4 is 5.32 Å². The molecule has 0 spiro atoms. The number of hydrogen-bond acceptors (Lipinski definition) is 3. The van der Waals surface area contributed by atoms with Crippen molar-refractivity contribution in [3.63, 3.8) is 0 Å². The molecule has 2 aromatic rings. The fourth-order valence-corrected chi connectivity index (χ4v) is 5.94. The number of nitrogens with zero attached hydrogens (tertiary/aromatic N) is 1. The van der Waals surface area contributed by atoms with E-state index in [1.807, 2.05) is 37.3 Å². The smallest absolute Gasteiger partial charge is 0.253 e. The van der Waals surface area contributed by atoms with Gasteiger partial charge in [-0.3, -0.25) is 4.79 Å². The van der Waals surface area contributed by atoms with Crippen LogP contribution in [0.25, 0.3) is 0 Å². The number of hydrogen-bond donors (Lipinski definition) is 1. The monoisotopic (exact) mass is 468 g/mol. The Morgan fingerprint density at radius 3 is 2.40 bits per heavy atom. The molecule has 5 nitrogen and oxygen atoms in total. The highest BCUT2D eigenvalue weighted by Crippen LogP contribution is 2.32. The van der Waals surface area contributed by atoms with E-state index in [-0.39, 0.29) is 23.6 Å². The number of benzene rings is 2. The molecule has 1 aliphatic rings. The summed E-state index contributed by atoms with van der Waals surface area (Å²) in [6, 6.07) is 14.3. The maximum atomic E-state index is 13.0. The van der Waals surface area contributed by atoms with Gasteiger partial charge >= 0.3 is 0 Å². The van der Waals surface area contributed by atoms with Crippen molar-refractivity contribution in [2.45, 2.75) is 32.2 Å². The van der Waals surface area contributed by atoms with E-state index in [9.17, 15) is 13.2 Å². The zero-order valence-electron chi connectivity index (χ0n) is 16.9. The Labute approximate surface area is 188 Å². The van der Waals surface area contributed by atoms with Gasteiger partial charge in [-0.2, -0.15) is 0 Å². The lowest BCUT2D eigenvalue weighted by Crippen LogP contribution is -2.43. The zero-order valence-corrected chi connectivity index (χ0v) is 19.2. The second kappa shape index (κ2) is 10.1. The zero-order chi connectivity index (χ0) is 21.7. The molecule has 1 aliphatic heterocycles. The van der Waals surface area contributed by atoms with Gasteiger partial charge < -0.3 is 5.32 Å². The molecule has 1 unspecified atom stereocenters. The summed E-state index contributed by atoms with van der Waals surface area (Å²) < 4.78 is 26.4. The Hall–Kier alpha value is -1.60. The van der Waals surface area contributed by atoms with E-state index >= 15 is 0 Å². The number of amides is 1. The molecule has 0 saturated carbocycles. The minimum atomic E-state index is -3.21. The van der Waals surface area contributed by atoms with E-state index < -0.39 is 10.0 Å². The Balaban J connectivity index is 1.78. The summed E-state index contributed by atoms with van der Waals surface area (Å²) in [7, 11) is -3.21. The summed E-state index contributed by atoms with van der Waals surface area (Å²) in [4.78, 5) is 13.0. The van der Waals surface area contributed by atoms with E-state index in [1.54, 1.807) is 22.5 Å². The van der Waals surface area contributed by atoms with E-state index in [4.69, 9.17) is 23.2 Å². The molecule has 162 valence electrons. The van der Waals surface area contributed by atoms with Gasteiger partial charge in [-0.15, -0.1) is 0 Å². The molecule has 1 atom stereocenters. The van der Waals surface area contributed by atoms with Gasteiger partial charge in [0.05, 0.1) is 22.4 Å². The SMILES string of the molecule is CCCS(=O)(=O)N1CCC(C(NC(=O)c2ccc(Cl)cc2Cl)c2ccccc2)CC1. The number of sulfonamides is 1. The third-order valence-corrected chi connectivity index (χ3v) is 8.07. The Kier molecular flexibility index (Phi) is 7.80. The van der Waals surface area contributed by atoms with Crippen LogP contribution in [0.1, 0.15) is 48.1 Å². The van der Waals surface area contributed by atoms with Crippen LogP contribution in [0.3, 0.4) is 0 Å². The van der Waals surface area contributed by atoms with Crippen LogP contribution in [0, 0.1) is 5.92 Å². The number of halogens is 2. The first-order valence-corrected chi connectivity index (χ1v) is 12.5. The fraction of sp³-hybridized carbons (Fsp3) is 0.409. The van der Waals surface area contributed by atoms with E-state index in [1.165, 1.54) is 0 Å². The van der Waals surface area contributed by atoms with Gasteiger partial charge in [0.2, 0.25) is 10.0 Å². The highest BCUT2D eigenvalue weighted by molar-refractivity contribution is 7.89. The summed E-state index contributed by atoms with van der Waals surface area (Å²) >= 11 is 12.2. The van der Waals surface area contributed by atoms with Gasteiger partial charge in [-0.1, -0.05) is 60.5 Å². The number of carbonyl (C=O) groups is 1. The molecule has 0 bridgehead atoms. The van der Waals surface area contributed by atoms with Crippen LogP contribution in [0.5, 0.6) is 0 Å². The highest BCUT2D eigenvalue weighted by atomic mass is 35.5. The predicted molar refractivity (Wildman–Crippen MR) is 121 cm³/mol. The van der Waals surface area contributed by atoms with Crippen molar-refractivity contribution in [1.82, 2.24) is 9.62 Å². The average Bonchev–Trinajstić information content (AvgIpc) is 2.72. The molecule has 1 fully saturated rings. The van der Waals surface area contributed by atoms with Crippen molar-refractivity contribution in [3.8, 4) is 0 Å². The number of carbonyl (C=O) groups excluding carboxylic acids is 1. The van der Waals surface area contributed by atoms with Crippen LogP contribution in [0.2, 0.25) is 10.0 Å². The maximum Gasteiger partial charge on any atom is 0.253 e. The molecule has 3 rings (SSSR count). The average molecular weight is 469 g/mol. The predicted octanol–water partition coefficient (Wildman–Crippen LogP) is 4.92. The first kappa shape index (κ1) is 23.1. The summed E-state index contributed by atoms with van der Waals surface area (Å²) in [5.74, 6) is 0.0213. The maximum absolute atomic E-state index is 13.0. The van der Waals surface area contributed by atoms with Gasteiger partial charge in [0.15, 0.2) is 0 Å². The third kappa shape index (κ3) is 5.55. The largest absolute Gasteiger partial charge is 0.345 e. The molecule has 2 aromatic carbocycles. The quantitative estimate of drug-likeness (QED) is 0.626. The molecule has 0 radical (unpaired) electrons. The first-order chi connectivity index (χ1) is 14.3. The third-order valence-electron chi connectivity index (χ3n) is 5.45. The standard InChI is InChI=1S/C22H26Cl2N2O3S/c1-2-14-30(28,29)26-12-10-17(11-13-26)21(16-6-4-3-5-7-16)25-22(27)19-9-8-18(23)15-20(19)24/h3-9,15,17,21H,2,10-14H2,1H3,(H,25,27). The number of rotatable bonds is 7. The summed E-state index contributed by atoms with van der Waals surface area (Å²) in [5, 5.41) is 3.89. The first-order valence-electron chi connectivity index (χ1n) is 10.1. The molecule has 1 saturated heterocycles. The van der Waals surface area contributed by atoms with Crippen LogP contribution >= 0.6 is 23.2 Å². The highest BCUT2D eigenvalue weighted by Gasteiger charge is 2.33. The van der Waals surface area contributed by atoms with Gasteiger partial charge in [0, 0.05) is 18.1 Å². The lowest BCUT2D eigenvalue weighted by Gasteiger charge is -2.36. The van der Waals surface area contributed by atoms with Crippen LogP contribution in [0.4, 0.5) is 0 Å². The molecule has 1 amide bonds. The lowest BCUT2D eigenvalue weighted by molar-refractivity contribution is 0.0908. The van der Waals surface area contributed by atoms with Crippen molar-refractivity contribution < 1.29 is 13.2 Å². The van der Waals surface area contributed by atoms with Crippen LogP contribution in [-0.4, -0.2) is 37.5 Å². The summed E-state index contributed by atoms with van der Waals surface area (Å²) in [5.41, 5.74) is 1.36. The van der Waals surface area contributed by atoms with Crippen LogP contribution in [-0.2, 0) is 10.0 Å². The van der Waals surface area contributed by atoms with Gasteiger partial charge in [0.1, 0.15) is 0 Å². The minimum Gasteiger partial charge on any atom is -0.345 e. The van der Waals surface area contributed by atoms with Gasteiger partial charge in [-0.25, -0.2) is 12.7 Å². The van der Waals surface area contributed by atoms with Gasteiger partial charge in [0.25, 0.3) is 5.91 Å². The normalized spacial score (nSPS) is 16.9. The van der Waals surface area contributed by atoms with Crippen molar-refractivity contribution in [1.29, 1.82) is 0 Å². The molecule has 30 heavy (non-hydrogen) atoms. The molecule has 1 heterocycles. The number of nitrogens with one attached hydrogen (secondary N) is 1. The Morgan fingerprint density at radius 1 is 1.13 bits per heavy atom. The molecule has 0 aliphatic carbocycles. The van der Waals surface area contributed by atoms with Gasteiger partial charge in [-0.05, 0) is 48.9 Å². The lowest BCUT2D eigenvalue weighted by atomic mass is 9.85. The Bertz CT molecular complexity index is 975. The summed E-state index contributed by atoms with van der Waals surface area (Å²) in [6.07, 6.45) is 1.96. The Morgan fingerprint density at radius 2 is 1.80 bits per heavy atom. The molecular weight excluding hydrogens is 443 g/mol. The van der Waals surface area contributed by atoms with Crippen molar-refractivity contribution in [2.24, 2.45) is 5.92 Å². The topological polar surface area (TPSA) is 66.5 Å². The molecule has 1 N–H and O–H groups in total. The molecule has 0 aromatic heterocycles.